The average molecular weight is 348 g/mol. The van der Waals surface area contributed by atoms with Gasteiger partial charge in [-0.1, -0.05) is 18.2 Å². The van der Waals surface area contributed by atoms with Crippen molar-refractivity contribution in [3.05, 3.63) is 35.9 Å². The van der Waals surface area contributed by atoms with Gasteiger partial charge < -0.3 is 20.1 Å². The van der Waals surface area contributed by atoms with Crippen LogP contribution in [0.15, 0.2) is 30.3 Å². The van der Waals surface area contributed by atoms with Crippen LogP contribution < -0.4 is 5.32 Å². The van der Waals surface area contributed by atoms with Gasteiger partial charge in [-0.3, -0.25) is 14.4 Å². The fourth-order valence-corrected chi connectivity index (χ4v) is 3.02. The number of benzene rings is 1. The topological polar surface area (TPSA) is 95.9 Å². The largest absolute Gasteiger partial charge is 0.481 e. The standard InChI is InChI=1S/C18H24N2O5/c1-25-15-10-14(11-17(22)23)20(12-15)16(21)8-5-9-19-18(24)13-6-3-2-4-7-13/h2-4,6-7,14-15H,5,8-12H2,1H3,(H,19,24)(H,22,23). The fourth-order valence-electron chi connectivity index (χ4n) is 3.02. The number of hydrogen-bond donors (Lipinski definition) is 2. The quantitative estimate of drug-likeness (QED) is 0.690. The molecule has 1 aromatic rings. The number of ether oxygens (including phenoxy) is 1. The maximum atomic E-state index is 12.4. The summed E-state index contributed by atoms with van der Waals surface area (Å²) in [5.41, 5.74) is 0.581. The van der Waals surface area contributed by atoms with Crippen molar-refractivity contribution in [1.29, 1.82) is 0 Å². The normalized spacial score (nSPS) is 19.6. The van der Waals surface area contributed by atoms with E-state index in [2.05, 4.69) is 5.32 Å². The highest BCUT2D eigenvalue weighted by Crippen LogP contribution is 2.23. The minimum Gasteiger partial charge on any atom is -0.481 e. The molecule has 0 aromatic heterocycles. The van der Waals surface area contributed by atoms with Crippen molar-refractivity contribution >= 4 is 17.8 Å². The summed E-state index contributed by atoms with van der Waals surface area (Å²) in [6.45, 7) is 0.814. The Morgan fingerprint density at radius 2 is 2.00 bits per heavy atom. The van der Waals surface area contributed by atoms with Crippen LogP contribution in [0.4, 0.5) is 0 Å². The van der Waals surface area contributed by atoms with Gasteiger partial charge in [-0.15, -0.1) is 0 Å². The fraction of sp³-hybridized carbons (Fsp3) is 0.500. The maximum absolute atomic E-state index is 12.4. The molecule has 1 heterocycles. The van der Waals surface area contributed by atoms with E-state index < -0.39 is 5.97 Å². The Labute approximate surface area is 147 Å². The predicted octanol–water partition coefficient (Wildman–Crippen LogP) is 1.29. The second kappa shape index (κ2) is 9.17. The Kier molecular flexibility index (Phi) is 6.94. The molecule has 1 aromatic carbocycles. The lowest BCUT2D eigenvalue weighted by atomic mass is 10.1. The third kappa shape index (κ3) is 5.56. The molecule has 2 rings (SSSR count). The van der Waals surface area contributed by atoms with E-state index in [0.717, 1.165) is 0 Å². The van der Waals surface area contributed by atoms with Crippen LogP contribution >= 0.6 is 0 Å². The molecule has 2 amide bonds. The van der Waals surface area contributed by atoms with E-state index in [1.165, 1.54) is 0 Å². The van der Waals surface area contributed by atoms with Crippen LogP contribution in [0.5, 0.6) is 0 Å². The van der Waals surface area contributed by atoms with E-state index in [-0.39, 0.29) is 36.8 Å². The van der Waals surface area contributed by atoms with Gasteiger partial charge in [-0.2, -0.15) is 0 Å². The van der Waals surface area contributed by atoms with Crippen molar-refractivity contribution in [2.24, 2.45) is 0 Å². The summed E-state index contributed by atoms with van der Waals surface area (Å²) in [5, 5.41) is 11.8. The van der Waals surface area contributed by atoms with E-state index in [1.807, 2.05) is 6.07 Å². The van der Waals surface area contributed by atoms with Gasteiger partial charge in [-0.05, 0) is 25.0 Å². The number of carbonyl (C=O) groups is 3. The lowest BCUT2D eigenvalue weighted by Gasteiger charge is -2.23. The average Bonchev–Trinajstić information content (AvgIpc) is 3.01. The van der Waals surface area contributed by atoms with Gasteiger partial charge in [0, 0.05) is 38.2 Å². The van der Waals surface area contributed by atoms with Crippen LogP contribution in [0.2, 0.25) is 0 Å². The van der Waals surface area contributed by atoms with Crippen LogP contribution in [-0.2, 0) is 14.3 Å². The first kappa shape index (κ1) is 18.9. The summed E-state index contributed by atoms with van der Waals surface area (Å²) in [7, 11) is 1.57. The second-order valence-electron chi connectivity index (χ2n) is 6.12. The van der Waals surface area contributed by atoms with Crippen molar-refractivity contribution in [3.63, 3.8) is 0 Å². The predicted molar refractivity (Wildman–Crippen MR) is 91.2 cm³/mol. The summed E-state index contributed by atoms with van der Waals surface area (Å²) in [4.78, 5) is 36.9. The molecule has 136 valence electrons. The number of rotatable bonds is 8. The van der Waals surface area contributed by atoms with Crippen molar-refractivity contribution in [2.75, 3.05) is 20.2 Å². The zero-order valence-electron chi connectivity index (χ0n) is 14.3. The molecule has 2 N–H and O–H groups in total. The number of nitrogens with zero attached hydrogens (tertiary/aromatic N) is 1. The highest BCUT2D eigenvalue weighted by molar-refractivity contribution is 5.94. The van der Waals surface area contributed by atoms with Gasteiger partial charge in [-0.25, -0.2) is 0 Å². The molecule has 1 aliphatic rings. The molecule has 1 saturated heterocycles. The zero-order valence-corrected chi connectivity index (χ0v) is 14.3. The molecule has 0 saturated carbocycles. The lowest BCUT2D eigenvalue weighted by Crippen LogP contribution is -2.37. The minimum atomic E-state index is -0.922. The first-order valence-corrected chi connectivity index (χ1v) is 8.38. The summed E-state index contributed by atoms with van der Waals surface area (Å²) in [5.74, 6) is -1.19. The lowest BCUT2D eigenvalue weighted by molar-refractivity contribution is -0.139. The van der Waals surface area contributed by atoms with Crippen LogP contribution in [0.3, 0.4) is 0 Å². The monoisotopic (exact) mass is 348 g/mol. The second-order valence-corrected chi connectivity index (χ2v) is 6.12. The Morgan fingerprint density at radius 3 is 2.64 bits per heavy atom. The Balaban J connectivity index is 1.77. The number of carboxylic acids is 1. The zero-order chi connectivity index (χ0) is 18.2. The number of carboxylic acid groups (broad SMARTS) is 1. The third-order valence-corrected chi connectivity index (χ3v) is 4.33. The summed E-state index contributed by atoms with van der Waals surface area (Å²) in [6, 6.07) is 8.56. The number of amides is 2. The van der Waals surface area contributed by atoms with Crippen LogP contribution in [-0.4, -0.2) is 60.1 Å². The van der Waals surface area contributed by atoms with Crippen molar-refractivity contribution in [1.82, 2.24) is 10.2 Å². The minimum absolute atomic E-state index is 0.0731. The van der Waals surface area contributed by atoms with Crippen molar-refractivity contribution in [3.8, 4) is 0 Å². The number of methoxy groups -OCH3 is 1. The smallest absolute Gasteiger partial charge is 0.305 e. The molecule has 1 aliphatic heterocycles. The molecule has 25 heavy (non-hydrogen) atoms. The number of aliphatic carboxylic acids is 1. The van der Waals surface area contributed by atoms with E-state index >= 15 is 0 Å². The van der Waals surface area contributed by atoms with Gasteiger partial charge in [0.25, 0.3) is 5.91 Å². The first-order chi connectivity index (χ1) is 12.0. The van der Waals surface area contributed by atoms with Gasteiger partial charge in [0.2, 0.25) is 5.91 Å². The molecule has 2 atom stereocenters. The van der Waals surface area contributed by atoms with Gasteiger partial charge in [0.05, 0.1) is 12.5 Å². The molecule has 7 nitrogen and oxygen atoms in total. The Hall–Kier alpha value is -2.41. The highest BCUT2D eigenvalue weighted by atomic mass is 16.5. The van der Waals surface area contributed by atoms with Crippen molar-refractivity contribution < 1.29 is 24.2 Å². The SMILES string of the molecule is COC1CC(CC(=O)O)N(C(=O)CCCNC(=O)c2ccccc2)C1. The van der Waals surface area contributed by atoms with Crippen LogP contribution in [0.25, 0.3) is 0 Å². The Morgan fingerprint density at radius 1 is 1.28 bits per heavy atom. The van der Waals surface area contributed by atoms with E-state index in [1.54, 1.807) is 36.3 Å². The first-order valence-electron chi connectivity index (χ1n) is 8.38. The molecule has 0 radical (unpaired) electrons. The summed E-state index contributed by atoms with van der Waals surface area (Å²) in [6.07, 6.45) is 1.12. The molecule has 0 spiro atoms. The van der Waals surface area contributed by atoms with Crippen molar-refractivity contribution in [2.45, 2.75) is 37.8 Å². The van der Waals surface area contributed by atoms with Gasteiger partial charge >= 0.3 is 5.97 Å². The van der Waals surface area contributed by atoms with Crippen LogP contribution in [0.1, 0.15) is 36.0 Å². The molecular formula is C18H24N2O5. The number of nitrogens with one attached hydrogen (secondary N) is 1. The molecule has 2 unspecified atom stereocenters. The Bertz CT molecular complexity index is 605. The van der Waals surface area contributed by atoms with Crippen LogP contribution in [0, 0.1) is 0 Å². The number of likely N-dealkylation sites (tertiary alicyclic amines) is 1. The maximum Gasteiger partial charge on any atom is 0.305 e. The van der Waals surface area contributed by atoms with E-state index in [0.29, 0.717) is 31.5 Å². The highest BCUT2D eigenvalue weighted by Gasteiger charge is 2.36. The summed E-state index contributed by atoms with van der Waals surface area (Å²) < 4.78 is 5.27. The molecule has 0 bridgehead atoms. The van der Waals surface area contributed by atoms with E-state index in [4.69, 9.17) is 9.84 Å². The van der Waals surface area contributed by atoms with Gasteiger partial charge in [0.15, 0.2) is 0 Å². The number of hydrogen-bond acceptors (Lipinski definition) is 4. The summed E-state index contributed by atoms with van der Waals surface area (Å²) >= 11 is 0. The van der Waals surface area contributed by atoms with Gasteiger partial charge in [0.1, 0.15) is 0 Å². The molecular weight excluding hydrogens is 324 g/mol. The number of carbonyl (C=O) groups excluding carboxylic acids is 2. The molecule has 0 aliphatic carbocycles. The molecule has 7 heteroatoms. The third-order valence-electron chi connectivity index (χ3n) is 4.33. The molecule has 1 fully saturated rings. The van der Waals surface area contributed by atoms with E-state index in [9.17, 15) is 14.4 Å².